The minimum Gasteiger partial charge on any atom is -0.384 e. The monoisotopic (exact) mass is 323 g/mol. The van der Waals surface area contributed by atoms with E-state index >= 15 is 0 Å². The first-order valence-electron chi connectivity index (χ1n) is 6.83. The highest BCUT2D eigenvalue weighted by Crippen LogP contribution is 2.21. The average Bonchev–Trinajstić information content (AvgIpc) is 2.89. The number of nitrogens with one attached hydrogen (secondary N) is 2. The Morgan fingerprint density at radius 1 is 1.43 bits per heavy atom. The summed E-state index contributed by atoms with van der Waals surface area (Å²) in [5.41, 5.74) is 1.36. The van der Waals surface area contributed by atoms with Gasteiger partial charge in [-0.1, -0.05) is 18.5 Å². The van der Waals surface area contributed by atoms with Crippen molar-refractivity contribution in [3.8, 4) is 0 Å². The highest BCUT2D eigenvalue weighted by atomic mass is 35.5. The molecule has 0 fully saturated rings. The maximum absolute atomic E-state index is 12.3. The van der Waals surface area contributed by atoms with Gasteiger partial charge in [0, 0.05) is 28.3 Å². The predicted molar refractivity (Wildman–Crippen MR) is 88.3 cm³/mol. The van der Waals surface area contributed by atoms with Crippen LogP contribution >= 0.6 is 22.9 Å². The summed E-state index contributed by atoms with van der Waals surface area (Å²) < 4.78 is 0. The first-order valence-corrected chi connectivity index (χ1v) is 8.02. The van der Waals surface area contributed by atoms with Crippen LogP contribution in [0.5, 0.6) is 0 Å². The van der Waals surface area contributed by atoms with Crippen LogP contribution in [0.15, 0.2) is 24.4 Å². The summed E-state index contributed by atoms with van der Waals surface area (Å²) in [4.78, 5) is 17.7. The number of aromatic nitrogens is 1. The smallest absolute Gasteiger partial charge is 0.253 e. The van der Waals surface area contributed by atoms with E-state index in [1.165, 1.54) is 0 Å². The van der Waals surface area contributed by atoms with Crippen molar-refractivity contribution in [2.24, 2.45) is 0 Å². The molecule has 1 aromatic carbocycles. The molecule has 1 aromatic heterocycles. The molecule has 2 aromatic rings. The molecule has 0 aliphatic carbocycles. The third-order valence-electron chi connectivity index (χ3n) is 2.86. The van der Waals surface area contributed by atoms with E-state index in [9.17, 15) is 4.79 Å². The van der Waals surface area contributed by atoms with Gasteiger partial charge in [-0.05, 0) is 31.5 Å². The fourth-order valence-electron chi connectivity index (χ4n) is 1.85. The van der Waals surface area contributed by atoms with Crippen LogP contribution in [0.1, 0.15) is 33.6 Å². The maximum atomic E-state index is 12.3. The lowest BCUT2D eigenvalue weighted by atomic mass is 10.1. The van der Waals surface area contributed by atoms with Gasteiger partial charge in [0.1, 0.15) is 5.01 Å². The molecule has 112 valence electrons. The fourth-order valence-corrected chi connectivity index (χ4v) is 2.75. The van der Waals surface area contributed by atoms with Crippen LogP contribution in [0.2, 0.25) is 5.02 Å². The summed E-state index contributed by atoms with van der Waals surface area (Å²) in [6.45, 7) is 5.31. The van der Waals surface area contributed by atoms with Crippen molar-refractivity contribution in [2.75, 3.05) is 11.9 Å². The zero-order chi connectivity index (χ0) is 15.2. The zero-order valence-corrected chi connectivity index (χ0v) is 13.6. The van der Waals surface area contributed by atoms with Gasteiger partial charge in [0.15, 0.2) is 0 Å². The fraction of sp³-hybridized carbons (Fsp3) is 0.333. The molecule has 0 aliphatic rings. The standard InChI is InChI=1S/C15H18ClN3OS/c1-3-6-17-13-5-4-11(16)7-12(13)15(20)19-9-14-18-8-10(2)21-14/h4-5,7-8,17H,3,6,9H2,1-2H3,(H,19,20). The molecule has 2 rings (SSSR count). The molecule has 1 heterocycles. The Bertz CT molecular complexity index is 627. The number of thiazole rings is 1. The van der Waals surface area contributed by atoms with Gasteiger partial charge in [-0.2, -0.15) is 0 Å². The Hall–Kier alpha value is -1.59. The summed E-state index contributed by atoms with van der Waals surface area (Å²) in [7, 11) is 0. The topological polar surface area (TPSA) is 54.0 Å². The summed E-state index contributed by atoms with van der Waals surface area (Å²) in [5.74, 6) is -0.149. The zero-order valence-electron chi connectivity index (χ0n) is 12.1. The van der Waals surface area contributed by atoms with Gasteiger partial charge in [0.2, 0.25) is 0 Å². The Morgan fingerprint density at radius 2 is 2.24 bits per heavy atom. The van der Waals surface area contributed by atoms with E-state index in [0.717, 1.165) is 28.5 Å². The lowest BCUT2D eigenvalue weighted by molar-refractivity contribution is 0.0951. The van der Waals surface area contributed by atoms with Gasteiger partial charge < -0.3 is 10.6 Å². The van der Waals surface area contributed by atoms with E-state index < -0.39 is 0 Å². The Morgan fingerprint density at radius 3 is 2.90 bits per heavy atom. The third-order valence-corrected chi connectivity index (χ3v) is 4.01. The molecule has 21 heavy (non-hydrogen) atoms. The van der Waals surface area contributed by atoms with E-state index in [1.807, 2.05) is 13.0 Å². The highest BCUT2D eigenvalue weighted by Gasteiger charge is 2.12. The minimum atomic E-state index is -0.149. The second-order valence-corrected chi connectivity index (χ2v) is 6.42. The molecule has 0 unspecified atom stereocenters. The number of anilines is 1. The van der Waals surface area contributed by atoms with Gasteiger partial charge in [-0.25, -0.2) is 4.98 Å². The molecule has 0 bridgehead atoms. The first kappa shape index (κ1) is 15.8. The van der Waals surface area contributed by atoms with Gasteiger partial charge in [-0.15, -0.1) is 11.3 Å². The van der Waals surface area contributed by atoms with E-state index in [0.29, 0.717) is 17.1 Å². The lowest BCUT2D eigenvalue weighted by Crippen LogP contribution is -2.24. The first-order chi connectivity index (χ1) is 10.1. The molecular formula is C15H18ClN3OS. The number of halogens is 1. The summed E-state index contributed by atoms with van der Waals surface area (Å²) in [5, 5.41) is 7.57. The molecule has 0 radical (unpaired) electrons. The number of hydrogen-bond acceptors (Lipinski definition) is 4. The van der Waals surface area contributed by atoms with Gasteiger partial charge >= 0.3 is 0 Å². The SMILES string of the molecule is CCCNc1ccc(Cl)cc1C(=O)NCc1ncc(C)s1. The predicted octanol–water partition coefficient (Wildman–Crippen LogP) is 3.86. The van der Waals surface area contributed by atoms with Crippen molar-refractivity contribution >= 4 is 34.5 Å². The quantitative estimate of drug-likeness (QED) is 0.848. The van der Waals surface area contributed by atoms with Gasteiger partial charge in [0.25, 0.3) is 5.91 Å². The van der Waals surface area contributed by atoms with Crippen molar-refractivity contribution in [3.05, 3.63) is 44.9 Å². The summed E-state index contributed by atoms with van der Waals surface area (Å²) in [6.07, 6.45) is 2.79. The molecule has 0 atom stereocenters. The number of nitrogens with zero attached hydrogens (tertiary/aromatic N) is 1. The van der Waals surface area contributed by atoms with Crippen LogP contribution < -0.4 is 10.6 Å². The normalized spacial score (nSPS) is 10.4. The molecule has 0 saturated heterocycles. The van der Waals surface area contributed by atoms with Gasteiger partial charge in [0.05, 0.1) is 12.1 Å². The number of carbonyl (C=O) groups is 1. The van der Waals surface area contributed by atoms with Crippen molar-refractivity contribution in [1.29, 1.82) is 0 Å². The van der Waals surface area contributed by atoms with Crippen LogP contribution in [0.3, 0.4) is 0 Å². The van der Waals surface area contributed by atoms with Crippen molar-refractivity contribution in [1.82, 2.24) is 10.3 Å². The number of hydrogen-bond donors (Lipinski definition) is 2. The van der Waals surface area contributed by atoms with Crippen LogP contribution in [0.4, 0.5) is 5.69 Å². The van der Waals surface area contributed by atoms with Crippen molar-refractivity contribution < 1.29 is 4.79 Å². The molecule has 2 N–H and O–H groups in total. The van der Waals surface area contributed by atoms with E-state index in [1.54, 1.807) is 29.7 Å². The molecule has 4 nitrogen and oxygen atoms in total. The molecule has 1 amide bonds. The Balaban J connectivity index is 2.08. The second-order valence-electron chi connectivity index (χ2n) is 4.66. The largest absolute Gasteiger partial charge is 0.384 e. The Kier molecular flexibility index (Phi) is 5.59. The summed E-state index contributed by atoms with van der Waals surface area (Å²) >= 11 is 7.58. The molecule has 0 spiro atoms. The Labute approximate surface area is 133 Å². The molecule has 0 saturated carbocycles. The molecule has 6 heteroatoms. The highest BCUT2D eigenvalue weighted by molar-refractivity contribution is 7.11. The van der Waals surface area contributed by atoms with Crippen molar-refractivity contribution in [2.45, 2.75) is 26.8 Å². The number of rotatable bonds is 6. The van der Waals surface area contributed by atoms with E-state index in [2.05, 4.69) is 22.5 Å². The minimum absolute atomic E-state index is 0.149. The van der Waals surface area contributed by atoms with E-state index in [4.69, 9.17) is 11.6 Å². The van der Waals surface area contributed by atoms with E-state index in [-0.39, 0.29) is 5.91 Å². The molecule has 0 aliphatic heterocycles. The molecular weight excluding hydrogens is 306 g/mol. The number of carbonyl (C=O) groups excluding carboxylic acids is 1. The van der Waals surface area contributed by atoms with Crippen LogP contribution in [-0.4, -0.2) is 17.4 Å². The number of aryl methyl sites for hydroxylation is 1. The van der Waals surface area contributed by atoms with Crippen molar-refractivity contribution in [3.63, 3.8) is 0 Å². The third kappa shape index (κ3) is 4.44. The lowest BCUT2D eigenvalue weighted by Gasteiger charge is -2.11. The maximum Gasteiger partial charge on any atom is 0.253 e. The van der Waals surface area contributed by atoms with Crippen LogP contribution in [0, 0.1) is 6.92 Å². The average molecular weight is 324 g/mol. The van der Waals surface area contributed by atoms with Gasteiger partial charge in [-0.3, -0.25) is 4.79 Å². The van der Waals surface area contributed by atoms with Crippen LogP contribution in [0.25, 0.3) is 0 Å². The van der Waals surface area contributed by atoms with Crippen LogP contribution in [-0.2, 0) is 6.54 Å². The number of benzene rings is 1. The second kappa shape index (κ2) is 7.43. The number of amides is 1. The summed E-state index contributed by atoms with van der Waals surface area (Å²) in [6, 6.07) is 5.29.